The molecule has 5 rings (SSSR count). The Labute approximate surface area is 171 Å². The van der Waals surface area contributed by atoms with Gasteiger partial charge in [0, 0.05) is 24.4 Å². The monoisotopic (exact) mass is 400 g/mol. The number of nitrogens with one attached hydrogen (secondary N) is 1. The zero-order chi connectivity index (χ0) is 20.7. The first-order valence-electron chi connectivity index (χ1n) is 9.85. The minimum Gasteiger partial charge on any atom is -0.293 e. The van der Waals surface area contributed by atoms with E-state index in [0.29, 0.717) is 12.4 Å². The fourth-order valence-electron chi connectivity index (χ4n) is 3.85. The van der Waals surface area contributed by atoms with Crippen LogP contribution in [0.4, 0.5) is 0 Å². The van der Waals surface area contributed by atoms with Crippen LogP contribution in [0.1, 0.15) is 30.0 Å². The molecule has 30 heavy (non-hydrogen) atoms. The van der Waals surface area contributed by atoms with Crippen molar-refractivity contribution in [2.24, 2.45) is 7.05 Å². The Hall–Kier alpha value is -3.81. The van der Waals surface area contributed by atoms with E-state index in [-0.39, 0.29) is 17.2 Å². The van der Waals surface area contributed by atoms with E-state index < -0.39 is 0 Å². The van der Waals surface area contributed by atoms with Gasteiger partial charge in [-0.05, 0) is 45.9 Å². The normalized spacial score (nSPS) is 13.5. The number of benzene rings is 2. The summed E-state index contributed by atoms with van der Waals surface area (Å²) in [7, 11) is 1.52. The standard InChI is InChI=1S/C22H20N6O2/c1-27-20(29)12-19(14-10-11-14)28(22(27)30)13-15-6-2-3-7-16(15)17-8-4-5-9-18(17)21-23-25-26-24-21/h2-9,12,14H,10-11,13H2,1H3,(H,23,24,25,26). The van der Waals surface area contributed by atoms with Crippen molar-refractivity contribution in [1.29, 1.82) is 0 Å². The van der Waals surface area contributed by atoms with Gasteiger partial charge in [0.1, 0.15) is 0 Å². The highest BCUT2D eigenvalue weighted by Crippen LogP contribution is 2.39. The lowest BCUT2D eigenvalue weighted by atomic mass is 9.95. The van der Waals surface area contributed by atoms with Gasteiger partial charge in [0.05, 0.1) is 6.54 Å². The second kappa shape index (κ2) is 7.22. The molecule has 0 radical (unpaired) electrons. The van der Waals surface area contributed by atoms with Gasteiger partial charge in [0.25, 0.3) is 5.56 Å². The minimum atomic E-state index is -0.285. The molecule has 0 unspecified atom stereocenters. The lowest BCUT2D eigenvalue weighted by Crippen LogP contribution is -2.39. The summed E-state index contributed by atoms with van der Waals surface area (Å²) in [4.78, 5) is 25.1. The molecule has 0 bridgehead atoms. The molecule has 2 heterocycles. The number of hydrogen-bond donors (Lipinski definition) is 1. The van der Waals surface area contributed by atoms with E-state index in [1.165, 1.54) is 11.6 Å². The third-order valence-electron chi connectivity index (χ3n) is 5.59. The van der Waals surface area contributed by atoms with Crippen molar-refractivity contribution in [3.8, 4) is 22.5 Å². The van der Waals surface area contributed by atoms with Crippen LogP contribution in [0.5, 0.6) is 0 Å². The molecule has 1 aliphatic rings. The molecular formula is C22H20N6O2. The zero-order valence-corrected chi connectivity index (χ0v) is 16.4. The van der Waals surface area contributed by atoms with E-state index in [1.807, 2.05) is 48.5 Å². The van der Waals surface area contributed by atoms with Gasteiger partial charge in [-0.15, -0.1) is 5.10 Å². The third kappa shape index (κ3) is 3.16. The maximum Gasteiger partial charge on any atom is 0.331 e. The van der Waals surface area contributed by atoms with Gasteiger partial charge in [0.15, 0.2) is 5.82 Å². The van der Waals surface area contributed by atoms with Crippen molar-refractivity contribution in [2.45, 2.75) is 25.3 Å². The molecule has 1 saturated carbocycles. The number of rotatable bonds is 5. The minimum absolute atomic E-state index is 0.255. The zero-order valence-electron chi connectivity index (χ0n) is 16.4. The summed E-state index contributed by atoms with van der Waals surface area (Å²) >= 11 is 0. The predicted octanol–water partition coefficient (Wildman–Crippen LogP) is 2.32. The molecule has 1 fully saturated rings. The van der Waals surface area contributed by atoms with Gasteiger partial charge in [-0.25, -0.2) is 9.89 Å². The Morgan fingerprint density at radius 3 is 2.40 bits per heavy atom. The van der Waals surface area contributed by atoms with E-state index in [1.54, 1.807) is 10.6 Å². The van der Waals surface area contributed by atoms with E-state index in [2.05, 4.69) is 20.6 Å². The molecule has 8 nitrogen and oxygen atoms in total. The molecule has 1 aliphatic carbocycles. The van der Waals surface area contributed by atoms with Crippen LogP contribution in [0.25, 0.3) is 22.5 Å². The van der Waals surface area contributed by atoms with Gasteiger partial charge in [-0.3, -0.25) is 13.9 Å². The molecule has 0 amide bonds. The van der Waals surface area contributed by atoms with Crippen molar-refractivity contribution < 1.29 is 0 Å². The predicted molar refractivity (Wildman–Crippen MR) is 112 cm³/mol. The molecule has 2 aromatic carbocycles. The lowest BCUT2D eigenvalue weighted by Gasteiger charge is -2.17. The van der Waals surface area contributed by atoms with Crippen molar-refractivity contribution in [1.82, 2.24) is 29.8 Å². The van der Waals surface area contributed by atoms with Gasteiger partial charge in [-0.1, -0.05) is 48.5 Å². The quantitative estimate of drug-likeness (QED) is 0.554. The van der Waals surface area contributed by atoms with Crippen LogP contribution in [-0.4, -0.2) is 29.8 Å². The fraction of sp³-hybridized carbons (Fsp3) is 0.227. The Morgan fingerprint density at radius 1 is 1.00 bits per heavy atom. The summed E-state index contributed by atoms with van der Waals surface area (Å²) in [5, 5.41) is 14.3. The largest absolute Gasteiger partial charge is 0.331 e. The summed E-state index contributed by atoms with van der Waals surface area (Å²) in [5.74, 6) is 0.865. The van der Waals surface area contributed by atoms with Crippen LogP contribution in [0.3, 0.4) is 0 Å². The summed E-state index contributed by atoms with van der Waals surface area (Å²) < 4.78 is 2.90. The lowest BCUT2D eigenvalue weighted by molar-refractivity contribution is 0.612. The van der Waals surface area contributed by atoms with Crippen LogP contribution in [0.2, 0.25) is 0 Å². The Bertz CT molecular complexity index is 1330. The van der Waals surface area contributed by atoms with Gasteiger partial charge >= 0.3 is 5.69 Å². The molecule has 150 valence electrons. The molecule has 0 saturated heterocycles. The molecule has 0 spiro atoms. The van der Waals surface area contributed by atoms with Crippen LogP contribution in [0.15, 0.2) is 64.2 Å². The van der Waals surface area contributed by atoms with Gasteiger partial charge < -0.3 is 0 Å². The molecular weight excluding hydrogens is 380 g/mol. The highest BCUT2D eigenvalue weighted by molar-refractivity contribution is 5.82. The van der Waals surface area contributed by atoms with Crippen LogP contribution in [0, 0.1) is 0 Å². The molecule has 4 aromatic rings. The smallest absolute Gasteiger partial charge is 0.293 e. The maximum atomic E-state index is 12.9. The summed E-state index contributed by atoms with van der Waals surface area (Å²) in [5.41, 5.74) is 4.11. The highest BCUT2D eigenvalue weighted by Gasteiger charge is 2.28. The number of nitrogens with zero attached hydrogens (tertiary/aromatic N) is 5. The first-order chi connectivity index (χ1) is 14.6. The number of aromatic nitrogens is 6. The maximum absolute atomic E-state index is 12.9. The van der Waals surface area contributed by atoms with Crippen molar-refractivity contribution in [3.05, 3.63) is 86.7 Å². The Morgan fingerprint density at radius 2 is 1.70 bits per heavy atom. The first kappa shape index (κ1) is 18.2. The number of H-pyrrole nitrogens is 1. The summed E-state index contributed by atoms with van der Waals surface area (Å²) in [6.07, 6.45) is 2.02. The van der Waals surface area contributed by atoms with E-state index >= 15 is 0 Å². The topological polar surface area (TPSA) is 98.5 Å². The van der Waals surface area contributed by atoms with Crippen LogP contribution in [-0.2, 0) is 13.6 Å². The molecule has 8 heteroatoms. The van der Waals surface area contributed by atoms with Crippen LogP contribution < -0.4 is 11.2 Å². The van der Waals surface area contributed by atoms with E-state index in [0.717, 1.165) is 40.8 Å². The van der Waals surface area contributed by atoms with E-state index in [4.69, 9.17) is 0 Å². The fourth-order valence-corrected chi connectivity index (χ4v) is 3.85. The first-order valence-corrected chi connectivity index (χ1v) is 9.85. The van der Waals surface area contributed by atoms with Gasteiger partial charge in [-0.2, -0.15) is 0 Å². The number of tetrazole rings is 1. The number of hydrogen-bond acceptors (Lipinski definition) is 5. The molecule has 0 aliphatic heterocycles. The Kier molecular flexibility index (Phi) is 4.39. The van der Waals surface area contributed by atoms with Gasteiger partial charge in [0.2, 0.25) is 0 Å². The SMILES string of the molecule is Cn1c(=O)cc(C2CC2)n(Cc2ccccc2-c2ccccc2-c2nnn[nH]2)c1=O. The van der Waals surface area contributed by atoms with E-state index in [9.17, 15) is 9.59 Å². The highest BCUT2D eigenvalue weighted by atomic mass is 16.2. The average molecular weight is 400 g/mol. The number of aromatic amines is 1. The van der Waals surface area contributed by atoms with Crippen LogP contribution >= 0.6 is 0 Å². The molecule has 2 aromatic heterocycles. The molecule has 0 atom stereocenters. The average Bonchev–Trinajstić information content (AvgIpc) is 3.47. The Balaban J connectivity index is 1.65. The van der Waals surface area contributed by atoms with Crippen molar-refractivity contribution >= 4 is 0 Å². The summed E-state index contributed by atoms with van der Waals surface area (Å²) in [6.45, 7) is 0.387. The second-order valence-corrected chi connectivity index (χ2v) is 7.56. The molecule has 1 N–H and O–H groups in total. The van der Waals surface area contributed by atoms with Crippen molar-refractivity contribution in [2.75, 3.05) is 0 Å². The van der Waals surface area contributed by atoms with Crippen molar-refractivity contribution in [3.63, 3.8) is 0 Å². The summed E-state index contributed by atoms with van der Waals surface area (Å²) in [6, 6.07) is 17.5. The second-order valence-electron chi connectivity index (χ2n) is 7.56. The third-order valence-corrected chi connectivity index (χ3v) is 5.59.